The molecule has 102 valence electrons. The monoisotopic (exact) mass is 262 g/mol. The number of piperidine rings is 1. The Balaban J connectivity index is 1.75. The molecule has 2 aliphatic heterocycles. The topological polar surface area (TPSA) is 32.3 Å². The number of likely N-dealkylation sites (tertiary alicyclic amines) is 1. The fraction of sp³-hybridized carbons (Fsp3) is 0.917. The highest BCUT2D eigenvalue weighted by atomic mass is 19.4. The number of nitrogens with zero attached hydrogens (tertiary/aromatic N) is 1. The number of hydrogen-bond acceptors (Lipinski definition) is 3. The summed E-state index contributed by atoms with van der Waals surface area (Å²) in [4.78, 5) is 13.7. The van der Waals surface area contributed by atoms with Gasteiger partial charge < -0.3 is 5.32 Å². The SMILES string of the molecule is O=C(C1CC1)C12CNCC(C1)N(CC(F)(F)F)C2. The highest BCUT2D eigenvalue weighted by Gasteiger charge is 2.55. The van der Waals surface area contributed by atoms with E-state index < -0.39 is 18.1 Å². The van der Waals surface area contributed by atoms with Crippen LogP contribution in [0.3, 0.4) is 0 Å². The average Bonchev–Trinajstić information content (AvgIpc) is 3.06. The highest BCUT2D eigenvalue weighted by Crippen LogP contribution is 2.45. The number of nitrogens with one attached hydrogen (secondary N) is 1. The van der Waals surface area contributed by atoms with Gasteiger partial charge in [-0.3, -0.25) is 9.69 Å². The molecule has 0 spiro atoms. The Morgan fingerprint density at radius 3 is 2.72 bits per heavy atom. The molecule has 0 aromatic carbocycles. The van der Waals surface area contributed by atoms with Crippen LogP contribution in [0.15, 0.2) is 0 Å². The average molecular weight is 262 g/mol. The molecule has 1 saturated carbocycles. The maximum atomic E-state index is 12.5. The van der Waals surface area contributed by atoms with E-state index in [1.54, 1.807) is 0 Å². The van der Waals surface area contributed by atoms with E-state index in [0.717, 1.165) is 12.8 Å². The normalized spacial score (nSPS) is 36.9. The van der Waals surface area contributed by atoms with Gasteiger partial charge in [-0.15, -0.1) is 0 Å². The zero-order chi connectivity index (χ0) is 13.0. The van der Waals surface area contributed by atoms with Crippen molar-refractivity contribution >= 4 is 5.78 Å². The molecule has 1 N–H and O–H groups in total. The van der Waals surface area contributed by atoms with Crippen molar-refractivity contribution in [3.8, 4) is 0 Å². The summed E-state index contributed by atoms with van der Waals surface area (Å²) in [6, 6.07) is -0.136. The molecule has 3 rings (SSSR count). The lowest BCUT2D eigenvalue weighted by atomic mass is 9.77. The first kappa shape index (κ1) is 12.4. The van der Waals surface area contributed by atoms with Crippen LogP contribution in [-0.4, -0.2) is 49.1 Å². The third-order valence-electron chi connectivity index (χ3n) is 4.35. The number of Topliss-reactive ketones (excluding diaryl/α,β-unsaturated/α-hetero) is 1. The van der Waals surface area contributed by atoms with Crippen molar-refractivity contribution in [2.24, 2.45) is 11.3 Å². The predicted molar refractivity (Wildman–Crippen MR) is 59.1 cm³/mol. The Morgan fingerprint density at radius 2 is 2.11 bits per heavy atom. The Hall–Kier alpha value is -0.620. The Kier molecular flexibility index (Phi) is 2.71. The van der Waals surface area contributed by atoms with E-state index >= 15 is 0 Å². The third kappa shape index (κ3) is 2.16. The van der Waals surface area contributed by atoms with Gasteiger partial charge in [0.25, 0.3) is 0 Å². The largest absolute Gasteiger partial charge is 0.401 e. The first-order valence-electron chi connectivity index (χ1n) is 6.45. The van der Waals surface area contributed by atoms with Gasteiger partial charge in [-0.25, -0.2) is 0 Å². The number of ketones is 1. The summed E-state index contributed by atoms with van der Waals surface area (Å²) in [5.41, 5.74) is -0.546. The van der Waals surface area contributed by atoms with Crippen LogP contribution in [0.25, 0.3) is 0 Å². The van der Waals surface area contributed by atoms with E-state index in [1.165, 1.54) is 4.90 Å². The van der Waals surface area contributed by atoms with Crippen LogP contribution in [0, 0.1) is 11.3 Å². The lowest BCUT2D eigenvalue weighted by molar-refractivity contribution is -0.148. The summed E-state index contributed by atoms with van der Waals surface area (Å²) in [6.45, 7) is 0.502. The molecular formula is C12H17F3N2O. The van der Waals surface area contributed by atoms with E-state index in [1.807, 2.05) is 0 Å². The fourth-order valence-electron chi connectivity index (χ4n) is 3.43. The van der Waals surface area contributed by atoms with Crippen molar-refractivity contribution in [3.63, 3.8) is 0 Å². The maximum Gasteiger partial charge on any atom is 0.401 e. The Morgan fingerprint density at radius 1 is 1.39 bits per heavy atom. The second-order valence-electron chi connectivity index (χ2n) is 5.93. The minimum atomic E-state index is -4.18. The summed E-state index contributed by atoms with van der Waals surface area (Å²) < 4.78 is 37.5. The minimum Gasteiger partial charge on any atom is -0.314 e. The van der Waals surface area contributed by atoms with Crippen molar-refractivity contribution in [2.45, 2.75) is 31.5 Å². The maximum absolute atomic E-state index is 12.5. The van der Waals surface area contributed by atoms with Crippen LogP contribution >= 0.6 is 0 Å². The zero-order valence-corrected chi connectivity index (χ0v) is 10.1. The van der Waals surface area contributed by atoms with Crippen molar-refractivity contribution in [3.05, 3.63) is 0 Å². The summed E-state index contributed by atoms with van der Waals surface area (Å²) in [7, 11) is 0. The first-order valence-corrected chi connectivity index (χ1v) is 6.45. The lowest BCUT2D eigenvalue weighted by Crippen LogP contribution is -2.47. The third-order valence-corrected chi connectivity index (χ3v) is 4.35. The van der Waals surface area contributed by atoms with Gasteiger partial charge in [0.15, 0.2) is 0 Å². The van der Waals surface area contributed by atoms with Crippen LogP contribution in [-0.2, 0) is 4.79 Å². The molecule has 6 heteroatoms. The molecule has 2 atom stereocenters. The number of rotatable bonds is 3. The van der Waals surface area contributed by atoms with Gasteiger partial charge in [0.2, 0.25) is 0 Å². The molecule has 3 fully saturated rings. The van der Waals surface area contributed by atoms with Crippen molar-refractivity contribution in [1.29, 1.82) is 0 Å². The number of hydrogen-bond donors (Lipinski definition) is 1. The number of carbonyl (C=O) groups excluding carboxylic acids is 1. The molecule has 3 aliphatic rings. The van der Waals surface area contributed by atoms with Gasteiger partial charge >= 0.3 is 6.18 Å². The molecule has 2 unspecified atom stereocenters. The Bertz CT molecular complexity index is 367. The molecule has 1 aliphatic carbocycles. The second kappa shape index (κ2) is 3.93. The quantitative estimate of drug-likeness (QED) is 0.829. The van der Waals surface area contributed by atoms with Crippen molar-refractivity contribution in [2.75, 3.05) is 26.2 Å². The van der Waals surface area contributed by atoms with Gasteiger partial charge in [0.1, 0.15) is 5.78 Å². The predicted octanol–water partition coefficient (Wildman–Crippen LogP) is 1.19. The number of alkyl halides is 3. The number of fused-ring (bicyclic) bond motifs is 2. The van der Waals surface area contributed by atoms with Crippen LogP contribution in [0.4, 0.5) is 13.2 Å². The van der Waals surface area contributed by atoms with E-state index in [2.05, 4.69) is 5.32 Å². The second-order valence-corrected chi connectivity index (χ2v) is 5.93. The van der Waals surface area contributed by atoms with Gasteiger partial charge in [-0.05, 0) is 19.3 Å². The molecule has 2 saturated heterocycles. The van der Waals surface area contributed by atoms with Crippen LogP contribution in [0.1, 0.15) is 19.3 Å². The summed E-state index contributed by atoms with van der Waals surface area (Å²) in [5.74, 6) is 0.320. The van der Waals surface area contributed by atoms with Gasteiger partial charge in [-0.2, -0.15) is 13.2 Å². The lowest BCUT2D eigenvalue weighted by Gasteiger charge is -2.31. The van der Waals surface area contributed by atoms with E-state index in [9.17, 15) is 18.0 Å². The summed E-state index contributed by atoms with van der Waals surface area (Å²) >= 11 is 0. The Labute approximate surface area is 104 Å². The van der Waals surface area contributed by atoms with Crippen LogP contribution in [0.5, 0.6) is 0 Å². The molecule has 2 heterocycles. The zero-order valence-electron chi connectivity index (χ0n) is 10.1. The van der Waals surface area contributed by atoms with Gasteiger partial charge in [0.05, 0.1) is 12.0 Å². The van der Waals surface area contributed by atoms with E-state index in [4.69, 9.17) is 0 Å². The molecule has 0 radical (unpaired) electrons. The van der Waals surface area contributed by atoms with E-state index in [0.29, 0.717) is 19.5 Å². The molecule has 0 aromatic rings. The summed E-state index contributed by atoms with van der Waals surface area (Å²) in [5, 5.41) is 3.14. The smallest absolute Gasteiger partial charge is 0.314 e. The highest BCUT2D eigenvalue weighted by molar-refractivity contribution is 5.90. The van der Waals surface area contributed by atoms with Gasteiger partial charge in [-0.1, -0.05) is 0 Å². The van der Waals surface area contributed by atoms with Crippen LogP contribution in [0.2, 0.25) is 0 Å². The van der Waals surface area contributed by atoms with Gasteiger partial charge in [0, 0.05) is 31.6 Å². The van der Waals surface area contributed by atoms with Crippen molar-refractivity contribution in [1.82, 2.24) is 10.2 Å². The molecule has 0 amide bonds. The molecule has 2 bridgehead atoms. The summed E-state index contributed by atoms with van der Waals surface area (Å²) in [6.07, 6.45) is -1.73. The van der Waals surface area contributed by atoms with Crippen LogP contribution < -0.4 is 5.32 Å². The van der Waals surface area contributed by atoms with Crippen molar-refractivity contribution < 1.29 is 18.0 Å². The first-order chi connectivity index (χ1) is 8.40. The standard InChI is InChI=1S/C12H17F3N2O/c13-12(14,15)7-17-6-11(10(18)8-1-2-8)3-9(17)4-16-5-11/h8-9,16H,1-7H2. The fourth-order valence-corrected chi connectivity index (χ4v) is 3.43. The molecular weight excluding hydrogens is 245 g/mol. The molecule has 3 nitrogen and oxygen atoms in total. The van der Waals surface area contributed by atoms with E-state index in [-0.39, 0.29) is 24.3 Å². The number of carbonyl (C=O) groups is 1. The molecule has 0 aromatic heterocycles. The number of halogens is 3. The molecule has 18 heavy (non-hydrogen) atoms. The minimum absolute atomic E-state index is 0.122.